The first-order chi connectivity index (χ1) is 12.6. The summed E-state index contributed by atoms with van der Waals surface area (Å²) in [5.41, 5.74) is 1.77. The van der Waals surface area contributed by atoms with Crippen LogP contribution in [0.25, 0.3) is 0 Å². The highest BCUT2D eigenvalue weighted by atomic mass is 32.2. The lowest BCUT2D eigenvalue weighted by Crippen LogP contribution is -2.42. The monoisotopic (exact) mass is 396 g/mol. The minimum absolute atomic E-state index is 0.0137. The van der Waals surface area contributed by atoms with Gasteiger partial charge in [-0.15, -0.1) is 0 Å². The molecule has 0 bridgehead atoms. The second kappa shape index (κ2) is 10.9. The first-order valence-electron chi connectivity index (χ1n) is 9.19. The number of hydrogen-bond donors (Lipinski definition) is 3. The van der Waals surface area contributed by atoms with Crippen molar-refractivity contribution >= 4 is 27.4 Å². The molecule has 0 aliphatic rings. The van der Waals surface area contributed by atoms with Gasteiger partial charge in [-0.25, -0.2) is 8.42 Å². The Hall–Kier alpha value is -2.09. The number of carbonyl (C=O) groups excluding carboxylic acids is 1. The van der Waals surface area contributed by atoms with Gasteiger partial charge in [0.2, 0.25) is 5.91 Å². The van der Waals surface area contributed by atoms with Crippen LogP contribution in [0.2, 0.25) is 0 Å². The maximum atomic E-state index is 12.0. The Kier molecular flexibility index (Phi) is 9.28. The zero-order valence-corrected chi connectivity index (χ0v) is 17.7. The maximum Gasteiger partial charge on any atom is 0.227 e. The molecule has 152 valence electrons. The molecule has 1 rings (SSSR count). The van der Waals surface area contributed by atoms with Gasteiger partial charge in [0.05, 0.1) is 5.75 Å². The van der Waals surface area contributed by atoms with Crippen LogP contribution >= 0.6 is 0 Å². The number of rotatable bonds is 9. The summed E-state index contributed by atoms with van der Waals surface area (Å²) in [4.78, 5) is 16.2. The summed E-state index contributed by atoms with van der Waals surface area (Å²) in [6.45, 7) is 6.34. The van der Waals surface area contributed by atoms with E-state index in [1.54, 1.807) is 7.05 Å². The van der Waals surface area contributed by atoms with Crippen LogP contribution in [0.3, 0.4) is 0 Å². The van der Waals surface area contributed by atoms with Gasteiger partial charge in [-0.3, -0.25) is 9.79 Å². The third-order valence-corrected chi connectivity index (χ3v) is 5.22. The van der Waals surface area contributed by atoms with Crippen LogP contribution in [0.15, 0.2) is 29.3 Å². The standard InChI is InChI=1S/C19H32N4O3S/c1-6-14(2)18(24)23-17-9-7-8-16(12-17)13-21-19(20-4)22-15(3)10-11-27(5,25)26/h7-9,12,14-15H,6,10-11,13H2,1-5H3,(H,23,24)(H2,20,21,22). The second-order valence-corrected chi connectivity index (χ2v) is 9.15. The number of aliphatic imine (C=N–C) groups is 1. The van der Waals surface area contributed by atoms with Gasteiger partial charge < -0.3 is 16.0 Å². The SMILES string of the molecule is CCC(C)C(=O)Nc1cccc(CNC(=NC)NC(C)CCS(C)(=O)=O)c1. The summed E-state index contributed by atoms with van der Waals surface area (Å²) >= 11 is 0. The molecule has 1 amide bonds. The molecule has 0 aliphatic carbocycles. The third-order valence-electron chi connectivity index (χ3n) is 4.24. The molecular formula is C19H32N4O3S. The zero-order chi connectivity index (χ0) is 20.4. The van der Waals surface area contributed by atoms with Crippen LogP contribution in [0, 0.1) is 5.92 Å². The van der Waals surface area contributed by atoms with Crippen molar-refractivity contribution in [2.45, 2.75) is 46.2 Å². The first-order valence-corrected chi connectivity index (χ1v) is 11.2. The lowest BCUT2D eigenvalue weighted by molar-refractivity contribution is -0.119. The van der Waals surface area contributed by atoms with E-state index in [4.69, 9.17) is 0 Å². The van der Waals surface area contributed by atoms with Gasteiger partial charge >= 0.3 is 0 Å². The number of amides is 1. The molecule has 0 heterocycles. The van der Waals surface area contributed by atoms with Crippen molar-refractivity contribution in [2.75, 3.05) is 24.4 Å². The van der Waals surface area contributed by atoms with Gasteiger partial charge in [0.25, 0.3) is 0 Å². The number of sulfone groups is 1. The van der Waals surface area contributed by atoms with Crippen molar-refractivity contribution in [3.05, 3.63) is 29.8 Å². The lowest BCUT2D eigenvalue weighted by atomic mass is 10.1. The molecule has 0 fully saturated rings. The summed E-state index contributed by atoms with van der Waals surface area (Å²) < 4.78 is 22.5. The lowest BCUT2D eigenvalue weighted by Gasteiger charge is -2.18. The minimum atomic E-state index is -2.97. The number of nitrogens with zero attached hydrogens (tertiary/aromatic N) is 1. The Morgan fingerprint density at radius 2 is 1.96 bits per heavy atom. The molecule has 1 aromatic carbocycles. The van der Waals surface area contributed by atoms with E-state index in [9.17, 15) is 13.2 Å². The fraction of sp³-hybridized carbons (Fsp3) is 0.579. The molecule has 0 saturated carbocycles. The van der Waals surface area contributed by atoms with Crippen LogP contribution in [-0.4, -0.2) is 45.4 Å². The Labute approximate surface area is 163 Å². The number of anilines is 1. The Bertz CT molecular complexity index is 747. The molecule has 2 atom stereocenters. The third kappa shape index (κ3) is 9.42. The molecule has 1 aromatic rings. The highest BCUT2D eigenvalue weighted by Crippen LogP contribution is 2.13. The predicted octanol–water partition coefficient (Wildman–Crippen LogP) is 2.16. The smallest absolute Gasteiger partial charge is 0.227 e. The summed E-state index contributed by atoms with van der Waals surface area (Å²) in [7, 11) is -1.31. The largest absolute Gasteiger partial charge is 0.354 e. The summed E-state index contributed by atoms with van der Waals surface area (Å²) in [5.74, 6) is 0.726. The molecule has 0 radical (unpaired) electrons. The first kappa shape index (κ1) is 23.0. The maximum absolute atomic E-state index is 12.0. The molecule has 0 aromatic heterocycles. The van der Waals surface area contributed by atoms with Crippen LogP contribution in [-0.2, 0) is 21.2 Å². The highest BCUT2D eigenvalue weighted by Gasteiger charge is 2.11. The predicted molar refractivity (Wildman–Crippen MR) is 112 cm³/mol. The molecule has 8 heteroatoms. The van der Waals surface area contributed by atoms with E-state index >= 15 is 0 Å². The van der Waals surface area contributed by atoms with Gasteiger partial charge in [-0.2, -0.15) is 0 Å². The Morgan fingerprint density at radius 1 is 1.26 bits per heavy atom. The van der Waals surface area contributed by atoms with E-state index in [0.717, 1.165) is 17.7 Å². The average Bonchev–Trinajstić information content (AvgIpc) is 2.62. The van der Waals surface area contributed by atoms with E-state index < -0.39 is 9.84 Å². The summed E-state index contributed by atoms with van der Waals surface area (Å²) in [5, 5.41) is 9.32. The summed E-state index contributed by atoms with van der Waals surface area (Å²) in [6, 6.07) is 7.63. The molecule has 2 unspecified atom stereocenters. The van der Waals surface area contributed by atoms with Crippen LogP contribution in [0.1, 0.15) is 39.2 Å². The van der Waals surface area contributed by atoms with Crippen LogP contribution < -0.4 is 16.0 Å². The molecule has 27 heavy (non-hydrogen) atoms. The van der Waals surface area contributed by atoms with E-state index in [0.29, 0.717) is 18.9 Å². The van der Waals surface area contributed by atoms with Crippen molar-refractivity contribution in [1.29, 1.82) is 0 Å². The Balaban J connectivity index is 2.58. The zero-order valence-electron chi connectivity index (χ0n) is 16.9. The van der Waals surface area contributed by atoms with Crippen molar-refractivity contribution in [2.24, 2.45) is 10.9 Å². The van der Waals surface area contributed by atoms with Crippen molar-refractivity contribution in [1.82, 2.24) is 10.6 Å². The quantitative estimate of drug-likeness (QED) is 0.439. The average molecular weight is 397 g/mol. The molecule has 7 nitrogen and oxygen atoms in total. The van der Waals surface area contributed by atoms with E-state index in [2.05, 4.69) is 20.9 Å². The number of hydrogen-bond acceptors (Lipinski definition) is 4. The van der Waals surface area contributed by atoms with E-state index in [1.165, 1.54) is 6.26 Å². The van der Waals surface area contributed by atoms with E-state index in [1.807, 2.05) is 45.0 Å². The van der Waals surface area contributed by atoms with Crippen molar-refractivity contribution in [3.8, 4) is 0 Å². The molecule has 0 aliphatic heterocycles. The normalized spacial score (nSPS) is 14.3. The Morgan fingerprint density at radius 3 is 2.56 bits per heavy atom. The van der Waals surface area contributed by atoms with Gasteiger partial charge in [-0.05, 0) is 37.5 Å². The highest BCUT2D eigenvalue weighted by molar-refractivity contribution is 7.90. The second-order valence-electron chi connectivity index (χ2n) is 6.89. The summed E-state index contributed by atoms with van der Waals surface area (Å²) in [6.07, 6.45) is 2.54. The minimum Gasteiger partial charge on any atom is -0.354 e. The topological polar surface area (TPSA) is 99.7 Å². The van der Waals surface area contributed by atoms with Crippen molar-refractivity contribution in [3.63, 3.8) is 0 Å². The molecule has 0 spiro atoms. The number of nitrogens with one attached hydrogen (secondary N) is 3. The number of guanidine groups is 1. The van der Waals surface area contributed by atoms with Crippen LogP contribution in [0.5, 0.6) is 0 Å². The number of carbonyl (C=O) groups is 1. The fourth-order valence-corrected chi connectivity index (χ4v) is 3.07. The van der Waals surface area contributed by atoms with Crippen LogP contribution in [0.4, 0.5) is 5.69 Å². The van der Waals surface area contributed by atoms with Gasteiger partial charge in [0.15, 0.2) is 5.96 Å². The number of benzene rings is 1. The van der Waals surface area contributed by atoms with Gasteiger partial charge in [-0.1, -0.05) is 26.0 Å². The fourth-order valence-electron chi connectivity index (χ4n) is 2.29. The van der Waals surface area contributed by atoms with Gasteiger partial charge in [0.1, 0.15) is 9.84 Å². The van der Waals surface area contributed by atoms with Crippen molar-refractivity contribution < 1.29 is 13.2 Å². The van der Waals surface area contributed by atoms with E-state index in [-0.39, 0.29) is 23.6 Å². The molecule has 3 N–H and O–H groups in total. The molecule has 0 saturated heterocycles. The van der Waals surface area contributed by atoms with Gasteiger partial charge in [0, 0.05) is 37.5 Å². The molecular weight excluding hydrogens is 364 g/mol.